The first-order valence-corrected chi connectivity index (χ1v) is 12.1. The second-order valence-corrected chi connectivity index (χ2v) is 10.4. The van der Waals surface area contributed by atoms with E-state index in [1.165, 1.54) is 32.0 Å². The zero-order chi connectivity index (χ0) is 21.4. The maximum absolute atomic E-state index is 12.8. The monoisotopic (exact) mass is 454 g/mol. The summed E-state index contributed by atoms with van der Waals surface area (Å²) >= 11 is 1.13. The summed E-state index contributed by atoms with van der Waals surface area (Å²) in [4.78, 5) is 14.6. The molecule has 0 aliphatic carbocycles. The van der Waals surface area contributed by atoms with Gasteiger partial charge in [0.2, 0.25) is 0 Å². The molecule has 0 N–H and O–H groups in total. The quantitative estimate of drug-likeness (QED) is 0.671. The number of hydrogen-bond donors (Lipinski definition) is 0. The number of ether oxygens (including phenoxy) is 1. The van der Waals surface area contributed by atoms with E-state index in [4.69, 9.17) is 4.74 Å². The molecule has 9 heteroatoms. The van der Waals surface area contributed by atoms with E-state index in [0.717, 1.165) is 74.4 Å². The van der Waals surface area contributed by atoms with E-state index in [2.05, 4.69) is 19.8 Å². The van der Waals surface area contributed by atoms with Crippen LogP contribution in [-0.4, -0.2) is 67.0 Å². The summed E-state index contributed by atoms with van der Waals surface area (Å²) in [6.07, 6.45) is 1.21. The van der Waals surface area contributed by atoms with Crippen molar-refractivity contribution in [1.82, 2.24) is 14.9 Å². The number of nitrogens with zero attached hydrogens (tertiary/aromatic N) is 4. The Labute approximate surface area is 184 Å². The third-order valence-corrected chi connectivity index (χ3v) is 8.16. The van der Waals surface area contributed by atoms with Gasteiger partial charge < -0.3 is 14.5 Å². The molecule has 0 amide bonds. The van der Waals surface area contributed by atoms with E-state index in [9.17, 15) is 13.2 Å². The molecule has 2 aromatic heterocycles. The molecule has 0 aromatic carbocycles. The fraction of sp³-hybridized carbons (Fsp3) is 0.727. The molecule has 0 unspecified atom stereocenters. The van der Waals surface area contributed by atoms with Crippen molar-refractivity contribution in [1.29, 1.82) is 0 Å². The zero-order valence-corrected chi connectivity index (χ0v) is 18.4. The van der Waals surface area contributed by atoms with E-state index in [1.807, 2.05) is 0 Å². The van der Waals surface area contributed by atoms with E-state index >= 15 is 0 Å². The van der Waals surface area contributed by atoms with Gasteiger partial charge in [0, 0.05) is 37.7 Å². The van der Waals surface area contributed by atoms with Crippen molar-refractivity contribution >= 4 is 27.4 Å². The molecule has 0 spiro atoms. The van der Waals surface area contributed by atoms with Crippen molar-refractivity contribution in [2.45, 2.75) is 38.3 Å². The molecule has 0 saturated carbocycles. The van der Waals surface area contributed by atoms with Gasteiger partial charge in [-0.15, -0.1) is 11.3 Å². The Morgan fingerprint density at radius 3 is 2.68 bits per heavy atom. The minimum atomic E-state index is -4.20. The SMILES string of the molecule is FC(F)(F)Cc1cc2c(N3C[C@H]4CCN(CCC5CCOCC5)C[C@H]4C3)ncnc2s1. The summed E-state index contributed by atoms with van der Waals surface area (Å²) in [5, 5.41) is 0.766. The van der Waals surface area contributed by atoms with Crippen molar-refractivity contribution in [3.8, 4) is 0 Å². The van der Waals surface area contributed by atoms with Gasteiger partial charge >= 0.3 is 6.18 Å². The Hall–Kier alpha value is -1.45. The zero-order valence-electron chi connectivity index (χ0n) is 17.6. The number of piperidine rings is 1. The molecule has 3 fully saturated rings. The van der Waals surface area contributed by atoms with Crippen LogP contribution in [0, 0.1) is 17.8 Å². The van der Waals surface area contributed by atoms with Crippen LogP contribution < -0.4 is 4.90 Å². The smallest absolute Gasteiger partial charge is 0.381 e. The number of hydrogen-bond acceptors (Lipinski definition) is 6. The van der Waals surface area contributed by atoms with Gasteiger partial charge in [-0.1, -0.05) is 0 Å². The van der Waals surface area contributed by atoms with Crippen LogP contribution in [0.1, 0.15) is 30.6 Å². The first-order chi connectivity index (χ1) is 14.9. The first-order valence-electron chi connectivity index (χ1n) is 11.3. The topological polar surface area (TPSA) is 41.5 Å². The van der Waals surface area contributed by atoms with E-state index in [-0.39, 0.29) is 0 Å². The van der Waals surface area contributed by atoms with Crippen molar-refractivity contribution in [2.75, 3.05) is 50.8 Å². The number of rotatable bonds is 5. The van der Waals surface area contributed by atoms with Gasteiger partial charge in [0.25, 0.3) is 0 Å². The minimum absolute atomic E-state index is 0.306. The van der Waals surface area contributed by atoms with E-state index in [1.54, 1.807) is 6.07 Å². The normalized spacial score (nSPS) is 26.0. The van der Waals surface area contributed by atoms with Crippen LogP contribution >= 0.6 is 11.3 Å². The Bertz CT molecular complexity index is 898. The standard InChI is InChI=1S/C22H29F3N4OS/c23-22(24,25)10-18-9-19-20(26-14-27-21(19)31-18)29-12-16-2-6-28(11-17(16)13-29)5-1-15-3-7-30-8-4-15/h9,14-17H,1-8,10-13H2/t16-,17+/m1/s1. The Morgan fingerprint density at radius 2 is 1.87 bits per heavy atom. The summed E-state index contributed by atoms with van der Waals surface area (Å²) in [6.45, 7) is 7.10. The molecule has 5 nitrogen and oxygen atoms in total. The molecule has 5 rings (SSSR count). The average Bonchev–Trinajstić information content (AvgIpc) is 3.34. The lowest BCUT2D eigenvalue weighted by molar-refractivity contribution is -0.126. The number of halogens is 3. The Kier molecular flexibility index (Phi) is 6.09. The highest BCUT2D eigenvalue weighted by atomic mass is 32.1. The predicted octanol–water partition coefficient (Wildman–Crippen LogP) is 4.37. The molecule has 0 radical (unpaired) electrons. The van der Waals surface area contributed by atoms with Gasteiger partial charge in [-0.2, -0.15) is 13.2 Å². The summed E-state index contributed by atoms with van der Waals surface area (Å²) in [5.41, 5.74) is 0. The Balaban J connectivity index is 1.23. The van der Waals surface area contributed by atoms with Crippen molar-refractivity contribution in [2.24, 2.45) is 17.8 Å². The highest BCUT2D eigenvalue weighted by Gasteiger charge is 2.38. The fourth-order valence-electron chi connectivity index (χ4n) is 5.45. The molecule has 170 valence electrons. The summed E-state index contributed by atoms with van der Waals surface area (Å²) < 4.78 is 44.0. The maximum Gasteiger partial charge on any atom is 0.393 e. The first kappa shape index (κ1) is 21.4. The highest BCUT2D eigenvalue weighted by Crippen LogP contribution is 2.38. The molecule has 0 bridgehead atoms. The van der Waals surface area contributed by atoms with Gasteiger partial charge in [0.1, 0.15) is 17.0 Å². The van der Waals surface area contributed by atoms with Gasteiger partial charge in [0.05, 0.1) is 11.8 Å². The minimum Gasteiger partial charge on any atom is -0.381 e. The van der Waals surface area contributed by atoms with Crippen LogP contribution in [0.2, 0.25) is 0 Å². The van der Waals surface area contributed by atoms with Crippen LogP contribution in [0.4, 0.5) is 19.0 Å². The van der Waals surface area contributed by atoms with Gasteiger partial charge in [-0.3, -0.25) is 0 Å². The second kappa shape index (κ2) is 8.83. The number of anilines is 1. The fourth-order valence-corrected chi connectivity index (χ4v) is 6.47. The van der Waals surface area contributed by atoms with Crippen LogP contribution in [0.25, 0.3) is 10.2 Å². The largest absolute Gasteiger partial charge is 0.393 e. The van der Waals surface area contributed by atoms with E-state index < -0.39 is 12.6 Å². The van der Waals surface area contributed by atoms with Crippen LogP contribution in [0.15, 0.2) is 12.4 Å². The lowest BCUT2D eigenvalue weighted by atomic mass is 9.88. The molecule has 31 heavy (non-hydrogen) atoms. The number of fused-ring (bicyclic) bond motifs is 2. The lowest BCUT2D eigenvalue weighted by Gasteiger charge is -2.35. The molecule has 5 heterocycles. The van der Waals surface area contributed by atoms with Crippen LogP contribution in [0.3, 0.4) is 0 Å². The highest BCUT2D eigenvalue weighted by molar-refractivity contribution is 7.18. The lowest BCUT2D eigenvalue weighted by Crippen LogP contribution is -2.41. The van der Waals surface area contributed by atoms with Crippen molar-refractivity contribution < 1.29 is 17.9 Å². The van der Waals surface area contributed by atoms with Crippen molar-refractivity contribution in [3.05, 3.63) is 17.3 Å². The molecule has 2 atom stereocenters. The van der Waals surface area contributed by atoms with Gasteiger partial charge in [-0.05, 0) is 62.6 Å². The third-order valence-electron chi connectivity index (χ3n) is 7.11. The summed E-state index contributed by atoms with van der Waals surface area (Å²) in [5.74, 6) is 2.84. The van der Waals surface area contributed by atoms with Gasteiger partial charge in [0.15, 0.2) is 0 Å². The summed E-state index contributed by atoms with van der Waals surface area (Å²) in [7, 11) is 0. The van der Waals surface area contributed by atoms with Crippen LogP contribution in [-0.2, 0) is 11.2 Å². The van der Waals surface area contributed by atoms with Gasteiger partial charge in [-0.25, -0.2) is 9.97 Å². The Morgan fingerprint density at radius 1 is 1.06 bits per heavy atom. The van der Waals surface area contributed by atoms with Crippen molar-refractivity contribution in [3.63, 3.8) is 0 Å². The number of thiophene rings is 1. The average molecular weight is 455 g/mol. The molecule has 2 aromatic rings. The van der Waals surface area contributed by atoms with E-state index in [0.29, 0.717) is 21.5 Å². The maximum atomic E-state index is 12.8. The summed E-state index contributed by atoms with van der Waals surface area (Å²) in [6, 6.07) is 1.64. The molecule has 3 saturated heterocycles. The van der Waals surface area contributed by atoms with Crippen LogP contribution in [0.5, 0.6) is 0 Å². The number of likely N-dealkylation sites (tertiary alicyclic amines) is 1. The number of alkyl halides is 3. The molecule has 3 aliphatic heterocycles. The third kappa shape index (κ3) is 4.98. The second-order valence-electron chi connectivity index (χ2n) is 9.28. The predicted molar refractivity (Wildman–Crippen MR) is 116 cm³/mol. The molecular formula is C22H29F3N4OS. The molecular weight excluding hydrogens is 425 g/mol. The molecule has 3 aliphatic rings. The number of aromatic nitrogens is 2.